The molecule has 6 nitrogen and oxygen atoms in total. The second kappa shape index (κ2) is 4.92. The Balaban J connectivity index is 4.40. The maximum absolute atomic E-state index is 11.0. The number of rotatable bonds is 4. The molecular weight excluding hydrogens is 188 g/mol. The maximum atomic E-state index is 11.0. The molecule has 0 aromatic heterocycles. The summed E-state index contributed by atoms with van der Waals surface area (Å²) >= 11 is 0. The summed E-state index contributed by atoms with van der Waals surface area (Å²) in [7, 11) is 0. The fraction of sp³-hybridized carbons (Fsp3) is 0.750. The molecule has 0 aromatic carbocycles. The van der Waals surface area contributed by atoms with Gasteiger partial charge in [0.15, 0.2) is 0 Å². The standard InChI is InChI=1S/C8H16N2O4/c1-8(2,3)14-5(4-6(9)11)7(12)10-13/h5,13H,4H2,1-3H3,(H2,9,11)(H,10,12). The average molecular weight is 204 g/mol. The quantitative estimate of drug-likeness (QED) is 0.426. The lowest BCUT2D eigenvalue weighted by Crippen LogP contribution is -2.41. The topological polar surface area (TPSA) is 102 Å². The van der Waals surface area contributed by atoms with E-state index in [1.807, 2.05) is 0 Å². The Morgan fingerprint density at radius 2 is 2.00 bits per heavy atom. The minimum atomic E-state index is -1.06. The van der Waals surface area contributed by atoms with Gasteiger partial charge in [-0.05, 0) is 20.8 Å². The van der Waals surface area contributed by atoms with Crippen LogP contribution in [0.5, 0.6) is 0 Å². The summed E-state index contributed by atoms with van der Waals surface area (Å²) in [6.07, 6.45) is -1.32. The lowest BCUT2D eigenvalue weighted by Gasteiger charge is -2.25. The third kappa shape index (κ3) is 5.50. The monoisotopic (exact) mass is 204 g/mol. The molecule has 4 N–H and O–H groups in total. The van der Waals surface area contributed by atoms with Crippen LogP contribution in [0.15, 0.2) is 0 Å². The van der Waals surface area contributed by atoms with Gasteiger partial charge in [0.05, 0.1) is 12.0 Å². The third-order valence-electron chi connectivity index (χ3n) is 1.29. The van der Waals surface area contributed by atoms with Crippen LogP contribution in [0.4, 0.5) is 0 Å². The van der Waals surface area contributed by atoms with Gasteiger partial charge in [0.25, 0.3) is 5.91 Å². The van der Waals surface area contributed by atoms with Crippen molar-refractivity contribution in [3.8, 4) is 0 Å². The Morgan fingerprint density at radius 1 is 1.50 bits per heavy atom. The summed E-state index contributed by atoms with van der Waals surface area (Å²) in [4.78, 5) is 21.6. The van der Waals surface area contributed by atoms with E-state index < -0.39 is 23.5 Å². The zero-order valence-electron chi connectivity index (χ0n) is 8.53. The van der Waals surface area contributed by atoms with Crippen LogP contribution in [0.25, 0.3) is 0 Å². The molecule has 2 amide bonds. The minimum absolute atomic E-state index is 0.260. The van der Waals surface area contributed by atoms with Crippen molar-refractivity contribution in [1.29, 1.82) is 0 Å². The first-order valence-electron chi connectivity index (χ1n) is 4.16. The van der Waals surface area contributed by atoms with Gasteiger partial charge in [-0.2, -0.15) is 0 Å². The number of carbonyl (C=O) groups excluding carboxylic acids is 2. The first-order chi connectivity index (χ1) is 6.26. The van der Waals surface area contributed by atoms with Gasteiger partial charge in [-0.15, -0.1) is 0 Å². The number of amides is 2. The van der Waals surface area contributed by atoms with Gasteiger partial charge in [-0.1, -0.05) is 0 Å². The highest BCUT2D eigenvalue weighted by atomic mass is 16.5. The van der Waals surface area contributed by atoms with Gasteiger partial charge in [0, 0.05) is 0 Å². The highest BCUT2D eigenvalue weighted by molar-refractivity contribution is 5.86. The fourth-order valence-electron chi connectivity index (χ4n) is 0.869. The lowest BCUT2D eigenvalue weighted by atomic mass is 10.1. The number of hydroxylamine groups is 1. The van der Waals surface area contributed by atoms with Crippen LogP contribution < -0.4 is 11.2 Å². The SMILES string of the molecule is CC(C)(C)OC(CC(N)=O)C(=O)NO. The van der Waals surface area contributed by atoms with E-state index in [0.29, 0.717) is 0 Å². The Kier molecular flexibility index (Phi) is 4.52. The van der Waals surface area contributed by atoms with Crippen LogP contribution in [0.1, 0.15) is 27.2 Å². The van der Waals surface area contributed by atoms with Crippen molar-refractivity contribution in [2.45, 2.75) is 38.9 Å². The zero-order chi connectivity index (χ0) is 11.4. The summed E-state index contributed by atoms with van der Waals surface area (Å²) < 4.78 is 5.23. The van der Waals surface area contributed by atoms with Crippen molar-refractivity contribution >= 4 is 11.8 Å². The number of carbonyl (C=O) groups is 2. The van der Waals surface area contributed by atoms with Crippen LogP contribution in [0, 0.1) is 0 Å². The number of primary amides is 1. The van der Waals surface area contributed by atoms with Crippen molar-refractivity contribution in [2.24, 2.45) is 5.73 Å². The van der Waals surface area contributed by atoms with Gasteiger partial charge in [0.1, 0.15) is 6.10 Å². The smallest absolute Gasteiger partial charge is 0.272 e. The van der Waals surface area contributed by atoms with Gasteiger partial charge in [-0.3, -0.25) is 14.8 Å². The highest BCUT2D eigenvalue weighted by Crippen LogP contribution is 2.12. The number of ether oxygens (including phenoxy) is 1. The maximum Gasteiger partial charge on any atom is 0.272 e. The zero-order valence-corrected chi connectivity index (χ0v) is 8.53. The Labute approximate surface area is 82.4 Å². The van der Waals surface area contributed by atoms with Crippen LogP contribution in [-0.2, 0) is 14.3 Å². The number of nitrogens with two attached hydrogens (primary N) is 1. The molecule has 1 atom stereocenters. The van der Waals surface area contributed by atoms with Crippen LogP contribution in [0.2, 0.25) is 0 Å². The van der Waals surface area contributed by atoms with E-state index in [4.69, 9.17) is 15.7 Å². The largest absolute Gasteiger partial charge is 0.370 e. The Bertz CT molecular complexity index is 222. The van der Waals surface area contributed by atoms with E-state index in [2.05, 4.69) is 0 Å². The van der Waals surface area contributed by atoms with Crippen LogP contribution in [-0.4, -0.2) is 28.7 Å². The molecule has 1 unspecified atom stereocenters. The molecule has 0 aliphatic carbocycles. The molecule has 0 aliphatic rings. The van der Waals surface area contributed by atoms with E-state index in [1.54, 1.807) is 20.8 Å². The molecule has 0 saturated heterocycles. The van der Waals surface area contributed by atoms with Gasteiger partial charge >= 0.3 is 0 Å². The van der Waals surface area contributed by atoms with Crippen LogP contribution >= 0.6 is 0 Å². The van der Waals surface area contributed by atoms with E-state index in [1.165, 1.54) is 5.48 Å². The third-order valence-corrected chi connectivity index (χ3v) is 1.29. The Morgan fingerprint density at radius 3 is 2.29 bits per heavy atom. The van der Waals surface area contributed by atoms with Crippen molar-refractivity contribution in [2.75, 3.05) is 0 Å². The molecule has 6 heteroatoms. The molecule has 0 bridgehead atoms. The van der Waals surface area contributed by atoms with Gasteiger partial charge in [-0.25, -0.2) is 5.48 Å². The average Bonchev–Trinajstić information content (AvgIpc) is 1.98. The number of hydrogen-bond acceptors (Lipinski definition) is 4. The molecule has 0 heterocycles. The molecule has 0 saturated carbocycles. The molecule has 82 valence electrons. The molecule has 0 spiro atoms. The summed E-state index contributed by atoms with van der Waals surface area (Å²) in [5.41, 5.74) is 5.75. The molecule has 0 rings (SSSR count). The predicted molar refractivity (Wildman–Crippen MR) is 48.4 cm³/mol. The van der Waals surface area contributed by atoms with Gasteiger partial charge < -0.3 is 10.5 Å². The highest BCUT2D eigenvalue weighted by Gasteiger charge is 2.26. The van der Waals surface area contributed by atoms with E-state index >= 15 is 0 Å². The molecule has 0 aromatic rings. The summed E-state index contributed by atoms with van der Waals surface area (Å²) in [6, 6.07) is 0. The minimum Gasteiger partial charge on any atom is -0.370 e. The van der Waals surface area contributed by atoms with Crippen molar-refractivity contribution in [3.63, 3.8) is 0 Å². The molecule has 14 heavy (non-hydrogen) atoms. The summed E-state index contributed by atoms with van der Waals surface area (Å²) in [5, 5.41) is 8.38. The molecule has 0 aliphatic heterocycles. The van der Waals surface area contributed by atoms with E-state index in [0.717, 1.165) is 0 Å². The molecular formula is C8H16N2O4. The van der Waals surface area contributed by atoms with Crippen LogP contribution in [0.3, 0.4) is 0 Å². The second-order valence-corrected chi connectivity index (χ2v) is 3.87. The van der Waals surface area contributed by atoms with Gasteiger partial charge in [0.2, 0.25) is 5.91 Å². The molecule has 0 radical (unpaired) electrons. The molecule has 0 fully saturated rings. The van der Waals surface area contributed by atoms with E-state index in [9.17, 15) is 9.59 Å². The Hall–Kier alpha value is -1.14. The summed E-state index contributed by atoms with van der Waals surface area (Å²) in [5.74, 6) is -1.44. The van der Waals surface area contributed by atoms with E-state index in [-0.39, 0.29) is 6.42 Å². The first kappa shape index (κ1) is 12.9. The lowest BCUT2D eigenvalue weighted by molar-refractivity contribution is -0.153. The second-order valence-electron chi connectivity index (χ2n) is 3.87. The predicted octanol–water partition coefficient (Wildman–Crippen LogP) is -0.449. The number of nitrogens with one attached hydrogen (secondary N) is 1. The normalized spacial score (nSPS) is 13.4. The summed E-state index contributed by atoms with van der Waals surface area (Å²) in [6.45, 7) is 5.18. The first-order valence-corrected chi connectivity index (χ1v) is 4.16. The number of hydrogen-bond donors (Lipinski definition) is 3. The van der Waals surface area contributed by atoms with Crippen molar-refractivity contribution in [1.82, 2.24) is 5.48 Å². The van der Waals surface area contributed by atoms with Crippen molar-refractivity contribution < 1.29 is 19.5 Å². The van der Waals surface area contributed by atoms with Crippen molar-refractivity contribution in [3.05, 3.63) is 0 Å². The fourth-order valence-corrected chi connectivity index (χ4v) is 0.869.